The van der Waals surface area contributed by atoms with E-state index >= 15 is 17.6 Å². The maximum Gasteiger partial charge on any atom is 0.333 e. The summed E-state index contributed by atoms with van der Waals surface area (Å²) >= 11 is 0. The Morgan fingerprint density at radius 1 is 0.500 bits per heavy atom. The summed E-state index contributed by atoms with van der Waals surface area (Å²) in [5.41, 5.74) is -0.435. The van der Waals surface area contributed by atoms with Crippen LogP contribution in [0.5, 0.6) is 23.0 Å². The first-order valence-electron chi connectivity index (χ1n) is 14.1. The van der Waals surface area contributed by atoms with Crippen LogP contribution in [-0.4, -0.2) is 17.8 Å². The minimum atomic E-state index is -5.82. The molecule has 52 heavy (non-hydrogen) atoms. The van der Waals surface area contributed by atoms with Gasteiger partial charge < -0.3 is 20.9 Å². The lowest BCUT2D eigenvalue weighted by Crippen LogP contribution is -2.66. The van der Waals surface area contributed by atoms with Crippen molar-refractivity contribution >= 4 is 23.5 Å². The predicted molar refractivity (Wildman–Crippen MR) is 159 cm³/mol. The summed E-state index contributed by atoms with van der Waals surface area (Å²) in [6.45, 7) is 6.00. The summed E-state index contributed by atoms with van der Waals surface area (Å²) in [5, 5.41) is 0. The maximum absolute atomic E-state index is 16.1. The molecule has 0 radical (unpaired) electrons. The number of benzene rings is 4. The fourth-order valence-corrected chi connectivity index (χ4v) is 5.58. The molecule has 0 heterocycles. The van der Waals surface area contributed by atoms with E-state index in [4.69, 9.17) is 20.9 Å². The Bertz CT molecular complexity index is 2010. The van der Waals surface area contributed by atoms with E-state index in [0.717, 1.165) is 0 Å². The Labute approximate surface area is 282 Å². The molecule has 0 amide bonds. The number of anilines is 2. The van der Waals surface area contributed by atoms with Gasteiger partial charge in [0, 0.05) is 0 Å². The van der Waals surface area contributed by atoms with E-state index in [2.05, 4.69) is 13.2 Å². The Morgan fingerprint density at radius 3 is 1.13 bits per heavy atom. The number of rotatable bonds is 8. The third-order valence-electron chi connectivity index (χ3n) is 8.12. The van der Waals surface area contributed by atoms with E-state index in [1.165, 1.54) is 0 Å². The molecule has 0 atom stereocenters. The Morgan fingerprint density at radius 2 is 0.827 bits per heavy atom. The molecule has 0 saturated carbocycles. The summed E-state index contributed by atoms with van der Waals surface area (Å²) in [6.07, 6.45) is -0.462. The molecule has 0 saturated heterocycles. The van der Waals surface area contributed by atoms with Crippen LogP contribution in [0.25, 0.3) is 12.2 Å². The Kier molecular flexibility index (Phi) is 9.05. The highest BCUT2D eigenvalue weighted by Gasteiger charge is 2.79. The number of hydrogen-bond acceptors (Lipinski definition) is 4. The van der Waals surface area contributed by atoms with Crippen molar-refractivity contribution in [1.29, 1.82) is 0 Å². The molecule has 0 aromatic heterocycles. The van der Waals surface area contributed by atoms with Gasteiger partial charge in [-0.2, -0.15) is 35.1 Å². The Balaban J connectivity index is 1.70. The fourth-order valence-electron chi connectivity index (χ4n) is 5.58. The van der Waals surface area contributed by atoms with E-state index in [-0.39, 0.29) is 12.1 Å². The van der Waals surface area contributed by atoms with Crippen LogP contribution in [0.15, 0.2) is 61.7 Å². The smallest absolute Gasteiger partial charge is 0.333 e. The third-order valence-corrected chi connectivity index (χ3v) is 8.12. The zero-order valence-corrected chi connectivity index (χ0v) is 25.5. The molecule has 4 aromatic rings. The van der Waals surface area contributed by atoms with Crippen LogP contribution in [-0.2, 0) is 5.41 Å². The second-order valence-electron chi connectivity index (χ2n) is 11.0. The number of hydrogen-bond donors (Lipinski definition) is 2. The normalized spacial score (nSPS) is 16.7. The van der Waals surface area contributed by atoms with Crippen LogP contribution in [0.3, 0.4) is 0 Å². The van der Waals surface area contributed by atoms with E-state index in [0.29, 0.717) is 36.4 Å². The third kappa shape index (κ3) is 5.21. The van der Waals surface area contributed by atoms with E-state index in [1.807, 2.05) is 0 Å². The number of alkyl halides is 6. The number of nitrogens with two attached hydrogens (primary N) is 2. The summed E-state index contributed by atoms with van der Waals surface area (Å²) in [5.74, 6) is -38.1. The molecule has 4 nitrogen and oxygen atoms in total. The van der Waals surface area contributed by atoms with Crippen molar-refractivity contribution in [3.63, 3.8) is 0 Å². The first kappa shape index (κ1) is 37.6. The van der Waals surface area contributed by atoms with Gasteiger partial charge in [0.15, 0.2) is 40.2 Å². The van der Waals surface area contributed by atoms with Crippen molar-refractivity contribution in [2.45, 2.75) is 23.2 Å². The van der Waals surface area contributed by atoms with Crippen LogP contribution in [0.4, 0.5) is 72.8 Å². The first-order valence-corrected chi connectivity index (χ1v) is 14.1. The minimum Gasteiger partial charge on any atom is -0.449 e. The zero-order valence-electron chi connectivity index (χ0n) is 25.5. The predicted octanol–water partition coefficient (Wildman–Crippen LogP) is 10.6. The average Bonchev–Trinajstić information content (AvgIpc) is 3.07. The summed E-state index contributed by atoms with van der Waals surface area (Å²) < 4.78 is 219. The van der Waals surface area contributed by atoms with E-state index < -0.39 is 138 Å². The Hall–Kier alpha value is -5.68. The van der Waals surface area contributed by atoms with Gasteiger partial charge in [-0.3, -0.25) is 0 Å². The summed E-state index contributed by atoms with van der Waals surface area (Å²) in [6, 6.07) is 1.81. The number of nitrogen functional groups attached to an aromatic ring is 2. The highest BCUT2D eigenvalue weighted by atomic mass is 19.3. The minimum absolute atomic E-state index is 0.213. The molecule has 0 bridgehead atoms. The molecule has 274 valence electrons. The van der Waals surface area contributed by atoms with E-state index in [1.54, 1.807) is 0 Å². The lowest BCUT2D eigenvalue weighted by molar-refractivity contribution is -0.260. The van der Waals surface area contributed by atoms with Gasteiger partial charge in [0.1, 0.15) is 0 Å². The standard InChI is InChI=1S/C34H18F14N2O2/c1-3-15-21(35)25(39)29(26(40)22(15)36)51-19-7-5-13(11-17(19)49)33(31(43,44)9-10-32(45,46)34(33,47)48)14-6-8-20(18(50)12-14)52-30-27(41)23(37)16(4-2)24(38)28(30)42/h3-12H,1-2,49-50H2. The quantitative estimate of drug-likeness (QED) is 0.0814. The topological polar surface area (TPSA) is 70.5 Å². The molecule has 4 aromatic carbocycles. The van der Waals surface area contributed by atoms with Gasteiger partial charge in [-0.25, -0.2) is 26.3 Å². The number of halogens is 14. The molecule has 4 N–H and O–H groups in total. The SMILES string of the molecule is C=Cc1c(F)c(F)c(Oc2ccc(C3(c4ccc(Oc5c(F)c(F)c(C=C)c(F)c5F)c(N)c4)C(F)(F)C=CC(F)(F)C3(F)F)cc2N)c(F)c1F. The van der Waals surface area contributed by atoms with Crippen molar-refractivity contribution in [2.75, 3.05) is 11.5 Å². The van der Waals surface area contributed by atoms with Crippen molar-refractivity contribution in [1.82, 2.24) is 0 Å². The highest BCUT2D eigenvalue weighted by Crippen LogP contribution is 2.63. The number of allylic oxidation sites excluding steroid dienone is 2. The second-order valence-corrected chi connectivity index (χ2v) is 11.0. The molecule has 5 rings (SSSR count). The summed E-state index contributed by atoms with van der Waals surface area (Å²) in [4.78, 5) is 0. The molecule has 0 unspecified atom stereocenters. The van der Waals surface area contributed by atoms with Crippen molar-refractivity contribution in [3.05, 3.63) is 130 Å². The molecular formula is C34H18F14N2O2. The molecule has 0 fully saturated rings. The van der Waals surface area contributed by atoms with Gasteiger partial charge in [-0.15, -0.1) is 0 Å². The van der Waals surface area contributed by atoms with Gasteiger partial charge in [-0.05, 0) is 47.5 Å². The average molecular weight is 753 g/mol. The molecular weight excluding hydrogens is 734 g/mol. The largest absolute Gasteiger partial charge is 0.449 e. The highest BCUT2D eigenvalue weighted by molar-refractivity contribution is 5.65. The lowest BCUT2D eigenvalue weighted by Gasteiger charge is -2.49. The van der Waals surface area contributed by atoms with Crippen LogP contribution in [0.2, 0.25) is 0 Å². The van der Waals surface area contributed by atoms with E-state index in [9.17, 15) is 43.9 Å². The van der Waals surface area contributed by atoms with Crippen molar-refractivity contribution in [3.8, 4) is 23.0 Å². The lowest BCUT2D eigenvalue weighted by atomic mass is 9.61. The van der Waals surface area contributed by atoms with Gasteiger partial charge in [0.2, 0.25) is 34.8 Å². The maximum atomic E-state index is 16.1. The molecule has 1 aliphatic carbocycles. The van der Waals surface area contributed by atoms with Gasteiger partial charge >= 0.3 is 11.8 Å². The van der Waals surface area contributed by atoms with Gasteiger partial charge in [-0.1, -0.05) is 37.4 Å². The zero-order chi connectivity index (χ0) is 38.9. The van der Waals surface area contributed by atoms with Gasteiger partial charge in [0.05, 0.1) is 22.5 Å². The fraction of sp³-hybridized carbons (Fsp3) is 0.118. The van der Waals surface area contributed by atoms with Gasteiger partial charge in [0.25, 0.3) is 5.92 Å². The van der Waals surface area contributed by atoms with Crippen molar-refractivity contribution in [2.24, 2.45) is 0 Å². The number of ether oxygens (including phenoxy) is 2. The van der Waals surface area contributed by atoms with Crippen LogP contribution in [0.1, 0.15) is 22.3 Å². The monoisotopic (exact) mass is 752 g/mol. The molecule has 1 aliphatic rings. The van der Waals surface area contributed by atoms with Crippen LogP contribution >= 0.6 is 0 Å². The summed E-state index contributed by atoms with van der Waals surface area (Å²) in [7, 11) is 0. The first-order chi connectivity index (χ1) is 24.1. The molecule has 0 spiro atoms. The van der Waals surface area contributed by atoms with Crippen LogP contribution < -0.4 is 20.9 Å². The second kappa shape index (κ2) is 12.5. The molecule has 18 heteroatoms. The van der Waals surface area contributed by atoms with Crippen LogP contribution in [0, 0.1) is 46.5 Å². The van der Waals surface area contributed by atoms with Crippen molar-refractivity contribution < 1.29 is 70.9 Å². The molecule has 0 aliphatic heterocycles.